The minimum atomic E-state index is -0.901. The van der Waals surface area contributed by atoms with E-state index in [2.05, 4.69) is 10.6 Å². The molecule has 114 valence electrons. The number of ether oxygens (including phenoxy) is 1. The first-order valence-corrected chi connectivity index (χ1v) is 6.56. The van der Waals surface area contributed by atoms with Crippen molar-refractivity contribution in [3.63, 3.8) is 0 Å². The lowest BCUT2D eigenvalue weighted by molar-refractivity contribution is -0.387. The van der Waals surface area contributed by atoms with Crippen LogP contribution >= 0.6 is 12.2 Å². The summed E-state index contributed by atoms with van der Waals surface area (Å²) in [7, 11) is 1.55. The summed E-state index contributed by atoms with van der Waals surface area (Å²) in [6.45, 7) is 0. The van der Waals surface area contributed by atoms with Gasteiger partial charge in [0.25, 0.3) is 0 Å². The monoisotopic (exact) mass is 321 g/mol. The molecule has 0 heterocycles. The van der Waals surface area contributed by atoms with Crippen LogP contribution in [-0.4, -0.2) is 17.1 Å². The van der Waals surface area contributed by atoms with Crippen LogP contribution in [0.25, 0.3) is 0 Å². The van der Waals surface area contributed by atoms with Crippen LogP contribution in [0.5, 0.6) is 5.75 Å². The van der Waals surface area contributed by atoms with Crippen LogP contribution in [0.2, 0.25) is 0 Å². The third-order valence-corrected chi connectivity index (χ3v) is 2.93. The highest BCUT2D eigenvalue weighted by molar-refractivity contribution is 7.80. The van der Waals surface area contributed by atoms with Crippen molar-refractivity contribution < 1.29 is 14.1 Å². The largest absolute Gasteiger partial charge is 0.497 e. The van der Waals surface area contributed by atoms with Gasteiger partial charge in [-0.15, -0.1) is 0 Å². The zero-order chi connectivity index (χ0) is 16.1. The van der Waals surface area contributed by atoms with Crippen molar-refractivity contribution in [1.29, 1.82) is 0 Å². The predicted molar refractivity (Wildman–Crippen MR) is 85.9 cm³/mol. The normalized spacial score (nSPS) is 9.91. The van der Waals surface area contributed by atoms with Crippen LogP contribution in [0.3, 0.4) is 0 Å². The molecule has 0 radical (unpaired) electrons. The molecule has 0 atom stereocenters. The number of nitrogens with one attached hydrogen (secondary N) is 2. The summed E-state index contributed by atoms with van der Waals surface area (Å²) < 4.78 is 18.3. The molecule has 0 aliphatic rings. The number of thiocarbonyl (C=S) groups is 1. The summed E-state index contributed by atoms with van der Waals surface area (Å²) in [5.74, 6) is -0.243. The number of halogens is 1. The third-order valence-electron chi connectivity index (χ3n) is 2.73. The van der Waals surface area contributed by atoms with E-state index in [9.17, 15) is 14.5 Å². The molecule has 0 saturated heterocycles. The Kier molecular flexibility index (Phi) is 4.84. The topological polar surface area (TPSA) is 76.4 Å². The first-order chi connectivity index (χ1) is 10.5. The van der Waals surface area contributed by atoms with Gasteiger partial charge in [-0.2, -0.15) is 4.39 Å². The molecule has 0 unspecified atom stereocenters. The van der Waals surface area contributed by atoms with Gasteiger partial charge in [-0.3, -0.25) is 10.1 Å². The molecular formula is C14H12FN3O3S. The second kappa shape index (κ2) is 6.81. The quantitative estimate of drug-likeness (QED) is 0.509. The van der Waals surface area contributed by atoms with Crippen molar-refractivity contribution in [2.24, 2.45) is 0 Å². The number of rotatable bonds is 4. The first kappa shape index (κ1) is 15.6. The van der Waals surface area contributed by atoms with Crippen molar-refractivity contribution in [2.75, 3.05) is 17.7 Å². The molecule has 0 fully saturated rings. The Morgan fingerprint density at radius 2 is 1.91 bits per heavy atom. The summed E-state index contributed by atoms with van der Waals surface area (Å²) in [5, 5.41) is 16.6. The van der Waals surface area contributed by atoms with Crippen LogP contribution < -0.4 is 15.4 Å². The smallest absolute Gasteiger partial charge is 0.306 e. The highest BCUT2D eigenvalue weighted by Crippen LogP contribution is 2.22. The molecule has 2 aromatic carbocycles. The molecule has 0 spiro atoms. The summed E-state index contributed by atoms with van der Waals surface area (Å²) in [6, 6.07) is 10.5. The molecule has 0 amide bonds. The van der Waals surface area contributed by atoms with Gasteiger partial charge in [0.15, 0.2) is 5.11 Å². The lowest BCUT2D eigenvalue weighted by Crippen LogP contribution is -2.19. The zero-order valence-electron chi connectivity index (χ0n) is 11.5. The number of hydrogen-bond donors (Lipinski definition) is 2. The van der Waals surface area contributed by atoms with Gasteiger partial charge in [0.2, 0.25) is 5.82 Å². The van der Waals surface area contributed by atoms with Crippen molar-refractivity contribution >= 4 is 34.4 Å². The summed E-state index contributed by atoms with van der Waals surface area (Å²) in [6.07, 6.45) is 0. The third kappa shape index (κ3) is 3.89. The van der Waals surface area contributed by atoms with Crippen LogP contribution in [0.15, 0.2) is 42.5 Å². The van der Waals surface area contributed by atoms with Crippen molar-refractivity contribution in [1.82, 2.24) is 0 Å². The molecule has 2 N–H and O–H groups in total. The highest BCUT2D eigenvalue weighted by Gasteiger charge is 2.14. The number of nitro groups is 1. The zero-order valence-corrected chi connectivity index (χ0v) is 12.3. The van der Waals surface area contributed by atoms with E-state index in [-0.39, 0.29) is 5.11 Å². The van der Waals surface area contributed by atoms with E-state index >= 15 is 0 Å². The van der Waals surface area contributed by atoms with Crippen molar-refractivity contribution in [3.05, 3.63) is 58.4 Å². The van der Waals surface area contributed by atoms with Crippen molar-refractivity contribution in [2.45, 2.75) is 0 Å². The molecule has 0 aliphatic carbocycles. The van der Waals surface area contributed by atoms with Gasteiger partial charge < -0.3 is 15.4 Å². The number of nitro benzene ring substituents is 1. The van der Waals surface area contributed by atoms with Gasteiger partial charge in [0.1, 0.15) is 5.75 Å². The van der Waals surface area contributed by atoms with Gasteiger partial charge in [0.05, 0.1) is 12.0 Å². The Morgan fingerprint density at radius 3 is 2.55 bits per heavy atom. The average Bonchev–Trinajstić information content (AvgIpc) is 2.49. The minimum absolute atomic E-state index is 0.217. The highest BCUT2D eigenvalue weighted by atomic mass is 32.1. The summed E-state index contributed by atoms with van der Waals surface area (Å²) in [5.41, 5.74) is 0.385. The maximum atomic E-state index is 13.3. The number of methoxy groups -OCH3 is 1. The second-order valence-electron chi connectivity index (χ2n) is 4.23. The Bertz CT molecular complexity index is 724. The Morgan fingerprint density at radius 1 is 1.23 bits per heavy atom. The lowest BCUT2D eigenvalue weighted by Gasteiger charge is -2.11. The Hall–Kier alpha value is -2.74. The summed E-state index contributed by atoms with van der Waals surface area (Å²) in [4.78, 5) is 9.90. The van der Waals surface area contributed by atoms with Crippen LogP contribution in [0.1, 0.15) is 0 Å². The van der Waals surface area contributed by atoms with E-state index in [0.717, 1.165) is 12.1 Å². The molecule has 0 aromatic heterocycles. The molecule has 0 aliphatic heterocycles. The van der Waals surface area contributed by atoms with Gasteiger partial charge >= 0.3 is 5.69 Å². The van der Waals surface area contributed by atoms with Crippen LogP contribution in [-0.2, 0) is 0 Å². The first-order valence-electron chi connectivity index (χ1n) is 6.15. The SMILES string of the molecule is COc1cccc(NC(=S)Nc2ccc(F)c([N+](=O)[O-])c2)c1. The maximum absolute atomic E-state index is 13.3. The van der Waals surface area contributed by atoms with E-state index in [1.807, 2.05) is 0 Å². The van der Waals surface area contributed by atoms with Crippen LogP contribution in [0, 0.1) is 15.9 Å². The Labute approximate surface area is 131 Å². The van der Waals surface area contributed by atoms with Gasteiger partial charge in [-0.05, 0) is 36.5 Å². The number of hydrogen-bond acceptors (Lipinski definition) is 4. The maximum Gasteiger partial charge on any atom is 0.306 e. The minimum Gasteiger partial charge on any atom is -0.497 e. The number of benzene rings is 2. The van der Waals surface area contributed by atoms with E-state index in [1.165, 1.54) is 6.07 Å². The van der Waals surface area contributed by atoms with Crippen LogP contribution in [0.4, 0.5) is 21.5 Å². The molecular weight excluding hydrogens is 309 g/mol. The standard InChI is InChI=1S/C14H12FN3O3S/c1-21-11-4-2-3-9(7-11)16-14(22)17-10-5-6-12(15)13(8-10)18(19)20/h2-8H,1H3,(H2,16,17,22). The molecule has 0 bridgehead atoms. The average molecular weight is 321 g/mol. The fourth-order valence-corrected chi connectivity index (χ4v) is 1.96. The van der Waals surface area contributed by atoms with Crippen molar-refractivity contribution in [3.8, 4) is 5.75 Å². The number of anilines is 2. The molecule has 2 rings (SSSR count). The molecule has 6 nitrogen and oxygen atoms in total. The summed E-state index contributed by atoms with van der Waals surface area (Å²) >= 11 is 5.11. The molecule has 2 aromatic rings. The van der Waals surface area contributed by atoms with Gasteiger partial charge in [-0.1, -0.05) is 6.07 Å². The fraction of sp³-hybridized carbons (Fsp3) is 0.0714. The van der Waals surface area contributed by atoms with E-state index < -0.39 is 16.4 Å². The van der Waals surface area contributed by atoms with E-state index in [4.69, 9.17) is 17.0 Å². The Balaban J connectivity index is 2.08. The lowest BCUT2D eigenvalue weighted by atomic mass is 10.2. The molecule has 0 saturated carbocycles. The molecule has 22 heavy (non-hydrogen) atoms. The van der Waals surface area contributed by atoms with Gasteiger partial charge in [-0.25, -0.2) is 0 Å². The molecule has 8 heteroatoms. The second-order valence-corrected chi connectivity index (χ2v) is 4.64. The fourth-order valence-electron chi connectivity index (χ4n) is 1.72. The van der Waals surface area contributed by atoms with Gasteiger partial charge in [0, 0.05) is 23.5 Å². The predicted octanol–water partition coefficient (Wildman–Crippen LogP) is 3.55. The van der Waals surface area contributed by atoms with E-state index in [1.54, 1.807) is 31.4 Å². The van der Waals surface area contributed by atoms with E-state index in [0.29, 0.717) is 17.1 Å². The number of nitrogens with zero attached hydrogens (tertiary/aromatic N) is 1.